The molecular weight excluding hydrogens is 313 g/mol. The van der Waals surface area contributed by atoms with Gasteiger partial charge in [0.25, 0.3) is 0 Å². The number of anilines is 1. The van der Waals surface area contributed by atoms with Crippen molar-refractivity contribution in [1.29, 1.82) is 0 Å². The molecule has 1 aliphatic heterocycles. The molecule has 2 aromatic carbocycles. The number of nitrogens with zero attached hydrogens (tertiary/aromatic N) is 2. The Morgan fingerprint density at radius 2 is 1.83 bits per heavy atom. The predicted molar refractivity (Wildman–Crippen MR) is 90.4 cm³/mol. The van der Waals surface area contributed by atoms with Gasteiger partial charge in [-0.1, -0.05) is 30.0 Å². The molecule has 23 heavy (non-hydrogen) atoms. The fourth-order valence-corrected chi connectivity index (χ4v) is 2.92. The zero-order valence-electron chi connectivity index (χ0n) is 12.1. The van der Waals surface area contributed by atoms with Crippen molar-refractivity contribution in [3.63, 3.8) is 0 Å². The van der Waals surface area contributed by atoms with Crippen LogP contribution in [0.3, 0.4) is 0 Å². The minimum Gasteiger partial charge on any atom is -0.385 e. The molecular formula is C17H14FN3OS. The van der Waals surface area contributed by atoms with Crippen molar-refractivity contribution in [3.05, 3.63) is 72.7 Å². The van der Waals surface area contributed by atoms with Gasteiger partial charge in [-0.3, -0.25) is 4.79 Å². The van der Waals surface area contributed by atoms with Crippen LogP contribution in [0.15, 0.2) is 76.9 Å². The van der Waals surface area contributed by atoms with E-state index < -0.39 is 5.92 Å². The van der Waals surface area contributed by atoms with E-state index in [0.29, 0.717) is 4.90 Å². The van der Waals surface area contributed by atoms with E-state index in [1.54, 1.807) is 29.4 Å². The van der Waals surface area contributed by atoms with Crippen molar-refractivity contribution in [1.82, 2.24) is 0 Å². The van der Waals surface area contributed by atoms with Crippen LogP contribution < -0.4 is 10.7 Å². The second-order valence-corrected chi connectivity index (χ2v) is 5.98. The number of para-hydroxylation sites is 1. The van der Waals surface area contributed by atoms with Crippen LogP contribution in [-0.4, -0.2) is 11.0 Å². The molecule has 0 saturated heterocycles. The van der Waals surface area contributed by atoms with E-state index in [-0.39, 0.29) is 16.8 Å². The number of halogens is 1. The monoisotopic (exact) mass is 327 g/mol. The average Bonchev–Trinajstić information content (AvgIpc) is 2.57. The van der Waals surface area contributed by atoms with E-state index in [9.17, 15) is 9.18 Å². The highest BCUT2D eigenvalue weighted by Crippen LogP contribution is 2.26. The van der Waals surface area contributed by atoms with E-state index in [2.05, 4.69) is 5.10 Å². The molecule has 3 rings (SSSR count). The number of rotatable bonds is 3. The third-order valence-corrected chi connectivity index (χ3v) is 4.23. The van der Waals surface area contributed by atoms with Crippen LogP contribution in [0.5, 0.6) is 0 Å². The zero-order chi connectivity index (χ0) is 16.2. The summed E-state index contributed by atoms with van der Waals surface area (Å²) in [6.45, 7) is 0. The summed E-state index contributed by atoms with van der Waals surface area (Å²) in [7, 11) is 0. The van der Waals surface area contributed by atoms with Gasteiger partial charge in [0.1, 0.15) is 17.6 Å². The van der Waals surface area contributed by atoms with Crippen LogP contribution in [0.2, 0.25) is 0 Å². The highest BCUT2D eigenvalue weighted by Gasteiger charge is 2.25. The maximum atomic E-state index is 12.9. The summed E-state index contributed by atoms with van der Waals surface area (Å²) in [5, 5.41) is 5.73. The normalized spacial score (nSPS) is 17.0. The molecule has 6 heteroatoms. The Bertz CT molecular complexity index is 759. The summed E-state index contributed by atoms with van der Waals surface area (Å²) in [4.78, 5) is 13.0. The minimum atomic E-state index is -0.593. The van der Waals surface area contributed by atoms with Gasteiger partial charge in [0.05, 0.1) is 5.69 Å². The summed E-state index contributed by atoms with van der Waals surface area (Å²) in [6.07, 6.45) is 3.44. The van der Waals surface area contributed by atoms with Crippen molar-refractivity contribution >= 4 is 28.4 Å². The highest BCUT2D eigenvalue weighted by molar-refractivity contribution is 8.13. The van der Waals surface area contributed by atoms with Gasteiger partial charge in [0.2, 0.25) is 5.12 Å². The quantitative estimate of drug-likeness (QED) is 0.878. The molecule has 116 valence electrons. The first kappa shape index (κ1) is 15.3. The lowest BCUT2D eigenvalue weighted by atomic mass is 10.1. The molecule has 4 nitrogen and oxygen atoms in total. The molecule has 0 spiro atoms. The molecule has 0 saturated carbocycles. The molecule has 0 aromatic heterocycles. The van der Waals surface area contributed by atoms with E-state index >= 15 is 0 Å². The lowest BCUT2D eigenvalue weighted by molar-refractivity contribution is -0.111. The zero-order valence-corrected chi connectivity index (χ0v) is 12.9. The number of thioether (sulfide) groups is 1. The van der Waals surface area contributed by atoms with E-state index in [1.807, 2.05) is 30.3 Å². The standard InChI is InChI=1S/C17H14FN3OS/c18-12-6-8-14(9-7-12)23-17(22)15-10-11-21(20-16(15)19)13-4-2-1-3-5-13/h1-11,15H,(H2,19,20). The van der Waals surface area contributed by atoms with Crippen molar-refractivity contribution in [2.45, 2.75) is 4.90 Å². The number of carbonyl (C=O) groups is 1. The van der Waals surface area contributed by atoms with Crippen molar-refractivity contribution in [2.24, 2.45) is 16.8 Å². The molecule has 1 atom stereocenters. The molecule has 0 amide bonds. The maximum Gasteiger partial charge on any atom is 0.208 e. The Balaban J connectivity index is 1.71. The number of hydrogen-bond donors (Lipinski definition) is 1. The minimum absolute atomic E-state index is 0.151. The van der Waals surface area contributed by atoms with Gasteiger partial charge in [0, 0.05) is 11.1 Å². The number of nitrogens with two attached hydrogens (primary N) is 1. The summed E-state index contributed by atoms with van der Waals surface area (Å²) in [5.41, 5.74) is 6.81. The lowest BCUT2D eigenvalue weighted by Crippen LogP contribution is -2.33. The Kier molecular flexibility index (Phi) is 4.43. The van der Waals surface area contributed by atoms with Gasteiger partial charge < -0.3 is 5.73 Å². The summed E-state index contributed by atoms with van der Waals surface area (Å²) in [5.74, 6) is -0.695. The second kappa shape index (κ2) is 6.66. The first-order chi connectivity index (χ1) is 11.1. The van der Waals surface area contributed by atoms with Gasteiger partial charge in [-0.2, -0.15) is 5.10 Å². The van der Waals surface area contributed by atoms with Gasteiger partial charge in [0.15, 0.2) is 0 Å². The van der Waals surface area contributed by atoms with Gasteiger partial charge >= 0.3 is 0 Å². The number of hydrazone groups is 1. The first-order valence-electron chi connectivity index (χ1n) is 6.97. The topological polar surface area (TPSA) is 58.7 Å². The molecule has 1 unspecified atom stereocenters. The third kappa shape index (κ3) is 3.60. The molecule has 0 fully saturated rings. The van der Waals surface area contributed by atoms with Crippen LogP contribution in [0.1, 0.15) is 0 Å². The second-order valence-electron chi connectivity index (χ2n) is 4.90. The third-order valence-electron chi connectivity index (χ3n) is 3.27. The van der Waals surface area contributed by atoms with Crippen molar-refractivity contribution in [2.75, 3.05) is 5.01 Å². The van der Waals surface area contributed by atoms with E-state index in [4.69, 9.17) is 5.73 Å². The fraction of sp³-hybridized carbons (Fsp3) is 0.0588. The Hall–Kier alpha value is -2.60. The molecule has 0 aliphatic carbocycles. The molecule has 1 aliphatic rings. The van der Waals surface area contributed by atoms with Crippen molar-refractivity contribution < 1.29 is 9.18 Å². The smallest absolute Gasteiger partial charge is 0.208 e. The van der Waals surface area contributed by atoms with Gasteiger partial charge in [-0.05, 0) is 42.5 Å². The fourth-order valence-electron chi connectivity index (χ4n) is 2.09. The van der Waals surface area contributed by atoms with Crippen LogP contribution in [0.4, 0.5) is 10.1 Å². The Morgan fingerprint density at radius 1 is 1.13 bits per heavy atom. The van der Waals surface area contributed by atoms with E-state index in [0.717, 1.165) is 17.4 Å². The van der Waals surface area contributed by atoms with Crippen molar-refractivity contribution in [3.8, 4) is 0 Å². The van der Waals surface area contributed by atoms with Crippen LogP contribution in [0, 0.1) is 11.7 Å². The SMILES string of the molecule is NC1=NN(c2ccccc2)C=CC1C(=O)Sc1ccc(F)cc1. The summed E-state index contributed by atoms with van der Waals surface area (Å²) in [6, 6.07) is 15.3. The molecule has 1 heterocycles. The largest absolute Gasteiger partial charge is 0.385 e. The summed E-state index contributed by atoms with van der Waals surface area (Å²) >= 11 is 1.02. The van der Waals surface area contributed by atoms with Gasteiger partial charge in [-0.15, -0.1) is 0 Å². The number of amidine groups is 1. The molecule has 0 radical (unpaired) electrons. The molecule has 0 bridgehead atoms. The Labute approximate surface area is 137 Å². The molecule has 2 aromatic rings. The van der Waals surface area contributed by atoms with Gasteiger partial charge in [-0.25, -0.2) is 9.40 Å². The number of hydrogen-bond acceptors (Lipinski definition) is 5. The number of carbonyl (C=O) groups excluding carboxylic acids is 1. The first-order valence-corrected chi connectivity index (χ1v) is 7.79. The average molecular weight is 327 g/mol. The van der Waals surface area contributed by atoms with Crippen LogP contribution in [-0.2, 0) is 4.79 Å². The van der Waals surface area contributed by atoms with Crippen LogP contribution in [0.25, 0.3) is 0 Å². The van der Waals surface area contributed by atoms with E-state index in [1.165, 1.54) is 12.1 Å². The lowest BCUT2D eigenvalue weighted by Gasteiger charge is -2.22. The maximum absolute atomic E-state index is 12.9. The number of benzene rings is 2. The van der Waals surface area contributed by atoms with Crippen LogP contribution >= 0.6 is 11.8 Å². The highest BCUT2D eigenvalue weighted by atomic mass is 32.2. The summed E-state index contributed by atoms with van der Waals surface area (Å²) < 4.78 is 12.9. The molecule has 2 N–H and O–H groups in total. The Morgan fingerprint density at radius 3 is 2.48 bits per heavy atom. The predicted octanol–water partition coefficient (Wildman–Crippen LogP) is 3.37.